The molecule has 196 valence electrons. The fourth-order valence-corrected chi connectivity index (χ4v) is 5.75. The van der Waals surface area contributed by atoms with Crippen molar-refractivity contribution in [3.05, 3.63) is 56.1 Å². The van der Waals surface area contributed by atoms with E-state index in [2.05, 4.69) is 40.2 Å². The van der Waals surface area contributed by atoms with Gasteiger partial charge in [0.2, 0.25) is 0 Å². The Kier molecular flexibility index (Phi) is 7.44. The molecular weight excluding hydrogens is 585 g/mol. The summed E-state index contributed by atoms with van der Waals surface area (Å²) in [5, 5.41) is 8.97. The highest BCUT2D eigenvalue weighted by Crippen LogP contribution is 2.45. The van der Waals surface area contributed by atoms with E-state index in [1.165, 1.54) is 0 Å². The number of aromatic nitrogens is 2. The lowest BCUT2D eigenvalue weighted by Crippen LogP contribution is -2.48. The van der Waals surface area contributed by atoms with Crippen molar-refractivity contribution in [3.63, 3.8) is 0 Å². The van der Waals surface area contributed by atoms with Gasteiger partial charge >= 0.3 is 5.97 Å². The van der Waals surface area contributed by atoms with Crippen LogP contribution in [0.4, 0.5) is 0 Å². The zero-order valence-corrected chi connectivity index (χ0v) is 23.7. The van der Waals surface area contributed by atoms with Gasteiger partial charge in [0.1, 0.15) is 18.1 Å². The Morgan fingerprint density at radius 3 is 2.70 bits per heavy atom. The third kappa shape index (κ3) is 5.47. The van der Waals surface area contributed by atoms with Crippen LogP contribution in [0, 0.1) is 0 Å². The first kappa shape index (κ1) is 26.3. The highest BCUT2D eigenvalue weighted by atomic mass is 79.9. The largest absolute Gasteiger partial charge is 0.495 e. The molecule has 3 heterocycles. The summed E-state index contributed by atoms with van der Waals surface area (Å²) in [7, 11) is 1.58. The Morgan fingerprint density at radius 1 is 1.24 bits per heavy atom. The SMILES string of the molecule is COc1cc2c(cc1Br)-c1c(c(C(=O)OCOC3CCNC(C)(C)C3)nn1-c1cc(Cl)cc(Cl)c1)CO2. The quantitative estimate of drug-likeness (QED) is 0.264. The van der Waals surface area contributed by atoms with Gasteiger partial charge in [0.25, 0.3) is 0 Å². The van der Waals surface area contributed by atoms with E-state index in [0.717, 1.165) is 29.4 Å². The molecular formula is C26H26BrCl2N3O5. The summed E-state index contributed by atoms with van der Waals surface area (Å²) in [6.07, 6.45) is 1.68. The minimum absolute atomic E-state index is 0.00617. The van der Waals surface area contributed by atoms with Crippen LogP contribution >= 0.6 is 39.1 Å². The molecule has 1 atom stereocenters. The number of rotatable bonds is 6. The molecule has 2 aromatic carbocycles. The second kappa shape index (κ2) is 10.5. The highest BCUT2D eigenvalue weighted by molar-refractivity contribution is 9.10. The Morgan fingerprint density at radius 2 is 2.00 bits per heavy atom. The molecule has 0 bridgehead atoms. The van der Waals surface area contributed by atoms with E-state index in [-0.39, 0.29) is 30.7 Å². The van der Waals surface area contributed by atoms with Gasteiger partial charge in [-0.3, -0.25) is 0 Å². The van der Waals surface area contributed by atoms with E-state index in [1.807, 2.05) is 6.07 Å². The van der Waals surface area contributed by atoms with Crippen molar-refractivity contribution in [1.82, 2.24) is 15.1 Å². The minimum atomic E-state index is -0.601. The van der Waals surface area contributed by atoms with Crippen LogP contribution in [0.3, 0.4) is 0 Å². The average Bonchev–Trinajstić information content (AvgIpc) is 3.23. The number of halogens is 3. The first-order valence-corrected chi connectivity index (χ1v) is 13.3. The third-order valence-electron chi connectivity index (χ3n) is 6.45. The molecule has 37 heavy (non-hydrogen) atoms. The van der Waals surface area contributed by atoms with Crippen LogP contribution in [-0.4, -0.2) is 47.8 Å². The lowest BCUT2D eigenvalue weighted by Gasteiger charge is -2.36. The van der Waals surface area contributed by atoms with E-state index < -0.39 is 5.97 Å². The normalized spacial score (nSPS) is 17.9. The Hall–Kier alpha value is -2.30. The molecule has 0 spiro atoms. The van der Waals surface area contributed by atoms with Crippen molar-refractivity contribution >= 4 is 45.1 Å². The molecule has 1 N–H and O–H groups in total. The topological polar surface area (TPSA) is 83.8 Å². The van der Waals surface area contributed by atoms with E-state index in [4.69, 9.17) is 42.1 Å². The van der Waals surface area contributed by atoms with Crippen LogP contribution in [0.5, 0.6) is 11.5 Å². The van der Waals surface area contributed by atoms with Crippen molar-refractivity contribution in [2.24, 2.45) is 0 Å². The lowest BCUT2D eigenvalue weighted by molar-refractivity contribution is -0.0824. The molecule has 0 aliphatic carbocycles. The zero-order valence-electron chi connectivity index (χ0n) is 20.6. The second-order valence-corrected chi connectivity index (χ2v) is 11.4. The van der Waals surface area contributed by atoms with Crippen LogP contribution in [0.15, 0.2) is 34.8 Å². The molecule has 1 aromatic heterocycles. The summed E-state index contributed by atoms with van der Waals surface area (Å²) in [6, 6.07) is 8.75. The summed E-state index contributed by atoms with van der Waals surface area (Å²) in [5.74, 6) is 0.617. The van der Waals surface area contributed by atoms with Crippen LogP contribution in [-0.2, 0) is 16.1 Å². The molecule has 11 heteroatoms. The number of nitrogens with one attached hydrogen (secondary N) is 1. The summed E-state index contributed by atoms with van der Waals surface area (Å²) >= 11 is 16.1. The number of benzene rings is 2. The van der Waals surface area contributed by atoms with E-state index in [0.29, 0.717) is 38.5 Å². The van der Waals surface area contributed by atoms with Crippen molar-refractivity contribution in [2.45, 2.75) is 44.9 Å². The monoisotopic (exact) mass is 609 g/mol. The second-order valence-electron chi connectivity index (χ2n) is 9.63. The number of nitrogens with zero attached hydrogens (tertiary/aromatic N) is 2. The predicted octanol–water partition coefficient (Wildman–Crippen LogP) is 6.17. The number of methoxy groups -OCH3 is 1. The van der Waals surface area contributed by atoms with E-state index >= 15 is 0 Å². The summed E-state index contributed by atoms with van der Waals surface area (Å²) in [5.41, 5.74) is 2.71. The molecule has 2 aliphatic heterocycles. The maximum Gasteiger partial charge on any atom is 0.361 e. The molecule has 1 fully saturated rings. The number of carbonyl (C=O) groups excluding carboxylic acids is 1. The number of ether oxygens (including phenoxy) is 4. The standard InChI is InChI=1S/C26H26BrCl2N3O5/c1-26(2)11-17(4-5-30-26)36-13-37-25(33)23-19-12-35-21-10-22(34-3)20(27)9-18(21)24(19)32(31-23)16-7-14(28)6-15(29)8-16/h6-10,17,30H,4-5,11-13H2,1-3H3. The van der Waals surface area contributed by atoms with Gasteiger partial charge in [0.15, 0.2) is 12.5 Å². The summed E-state index contributed by atoms with van der Waals surface area (Å²) in [6.45, 7) is 5.06. The molecule has 1 unspecified atom stereocenters. The predicted molar refractivity (Wildman–Crippen MR) is 144 cm³/mol. The Balaban J connectivity index is 1.49. The number of hydrogen-bond donors (Lipinski definition) is 1. The first-order valence-electron chi connectivity index (χ1n) is 11.8. The molecule has 2 aliphatic rings. The van der Waals surface area contributed by atoms with E-state index in [9.17, 15) is 4.79 Å². The van der Waals surface area contributed by atoms with Gasteiger partial charge in [-0.1, -0.05) is 23.2 Å². The Bertz CT molecular complexity index is 1340. The van der Waals surface area contributed by atoms with Gasteiger partial charge in [0, 0.05) is 27.2 Å². The Labute approximate surface area is 233 Å². The van der Waals surface area contributed by atoms with Gasteiger partial charge in [-0.05, 0) is 73.4 Å². The molecule has 0 amide bonds. The number of esters is 1. The first-order chi connectivity index (χ1) is 17.6. The number of piperidine rings is 1. The van der Waals surface area contributed by atoms with E-state index in [1.54, 1.807) is 36.1 Å². The van der Waals surface area contributed by atoms with Gasteiger partial charge < -0.3 is 24.3 Å². The van der Waals surface area contributed by atoms with Crippen LogP contribution < -0.4 is 14.8 Å². The van der Waals surface area contributed by atoms with Crippen molar-refractivity contribution < 1.29 is 23.7 Å². The van der Waals surface area contributed by atoms with Crippen LogP contribution in [0.25, 0.3) is 16.9 Å². The fourth-order valence-electron chi connectivity index (χ4n) is 4.73. The van der Waals surface area contributed by atoms with Crippen LogP contribution in [0.1, 0.15) is 42.7 Å². The third-order valence-corrected chi connectivity index (χ3v) is 7.51. The molecule has 0 saturated carbocycles. The van der Waals surface area contributed by atoms with Crippen LogP contribution in [0.2, 0.25) is 10.0 Å². The smallest absolute Gasteiger partial charge is 0.361 e. The maximum atomic E-state index is 13.2. The minimum Gasteiger partial charge on any atom is -0.495 e. The summed E-state index contributed by atoms with van der Waals surface area (Å²) < 4.78 is 25.2. The lowest BCUT2D eigenvalue weighted by atomic mass is 9.91. The molecule has 3 aromatic rings. The van der Waals surface area contributed by atoms with Crippen molar-refractivity contribution in [3.8, 4) is 28.4 Å². The molecule has 5 rings (SSSR count). The highest BCUT2D eigenvalue weighted by Gasteiger charge is 2.33. The number of carbonyl (C=O) groups is 1. The zero-order chi connectivity index (χ0) is 26.3. The van der Waals surface area contributed by atoms with Gasteiger partial charge in [0.05, 0.1) is 34.6 Å². The molecule has 1 saturated heterocycles. The fraction of sp³-hybridized carbons (Fsp3) is 0.385. The van der Waals surface area contributed by atoms with Gasteiger partial charge in [-0.2, -0.15) is 5.10 Å². The average molecular weight is 611 g/mol. The summed E-state index contributed by atoms with van der Waals surface area (Å²) in [4.78, 5) is 13.2. The maximum absolute atomic E-state index is 13.2. The molecule has 8 nitrogen and oxygen atoms in total. The molecule has 0 radical (unpaired) electrons. The van der Waals surface area contributed by atoms with Gasteiger partial charge in [-0.15, -0.1) is 0 Å². The van der Waals surface area contributed by atoms with Gasteiger partial charge in [-0.25, -0.2) is 9.48 Å². The van der Waals surface area contributed by atoms with Crippen molar-refractivity contribution in [2.75, 3.05) is 20.4 Å². The van der Waals surface area contributed by atoms with Crippen molar-refractivity contribution in [1.29, 1.82) is 0 Å². The number of hydrogen-bond acceptors (Lipinski definition) is 7. The number of fused-ring (bicyclic) bond motifs is 3.